The summed E-state index contributed by atoms with van der Waals surface area (Å²) < 4.78 is 33.2. The summed E-state index contributed by atoms with van der Waals surface area (Å²) in [5, 5.41) is 2.64. The van der Waals surface area contributed by atoms with Crippen LogP contribution >= 0.6 is 0 Å². The van der Waals surface area contributed by atoms with Crippen LogP contribution in [-0.4, -0.2) is 73.2 Å². The van der Waals surface area contributed by atoms with Crippen molar-refractivity contribution in [1.82, 2.24) is 5.32 Å². The molecule has 10 heteroatoms. The Kier molecular flexibility index (Phi) is 22.9. The summed E-state index contributed by atoms with van der Waals surface area (Å²) in [5.74, 6) is -0.481. The lowest BCUT2D eigenvalue weighted by atomic mass is 10.1. The number of hydrogen-bond acceptors (Lipinski definition) is 8. The van der Waals surface area contributed by atoms with E-state index < -0.39 is 20.9 Å². The summed E-state index contributed by atoms with van der Waals surface area (Å²) in [4.78, 5) is 22.7. The highest BCUT2D eigenvalue weighted by atomic mass is 28.4. The van der Waals surface area contributed by atoms with E-state index in [1.165, 1.54) is 32.1 Å². The van der Waals surface area contributed by atoms with Gasteiger partial charge in [0, 0.05) is 38.5 Å². The standard InChI is InChI=1S/C26H51NO8Si/c1-6-25(28)35-24(5)23-30-21-19-27-26(29)31-20-17-15-13-11-10-12-14-16-18-22-36(32-7-2,33-8-3)34-9-4/h6,24H,1,7-23H2,2-5H3,(H,27,29). The SMILES string of the molecule is C=CC(=O)OC(C)COCCNC(=O)OCCCCCCCCCCC[Si](OCC)(OCC)OCC. The minimum atomic E-state index is -2.48. The highest BCUT2D eigenvalue weighted by molar-refractivity contribution is 6.60. The van der Waals surface area contributed by atoms with Crippen LogP contribution in [0.5, 0.6) is 0 Å². The molecular weight excluding hydrogens is 482 g/mol. The summed E-state index contributed by atoms with van der Waals surface area (Å²) >= 11 is 0. The summed E-state index contributed by atoms with van der Waals surface area (Å²) in [5.41, 5.74) is 0. The zero-order valence-corrected chi connectivity index (χ0v) is 24.1. The summed E-state index contributed by atoms with van der Waals surface area (Å²) in [6, 6.07) is 0.898. The van der Waals surface area contributed by atoms with Gasteiger partial charge >= 0.3 is 20.9 Å². The number of esters is 1. The van der Waals surface area contributed by atoms with Gasteiger partial charge in [-0.25, -0.2) is 9.59 Å². The van der Waals surface area contributed by atoms with E-state index in [9.17, 15) is 9.59 Å². The topological polar surface area (TPSA) is 102 Å². The van der Waals surface area contributed by atoms with Gasteiger partial charge in [0.2, 0.25) is 0 Å². The summed E-state index contributed by atoms with van der Waals surface area (Å²) in [6.45, 7) is 14.3. The first-order valence-corrected chi connectivity index (χ1v) is 15.6. The number of nitrogens with one attached hydrogen (secondary N) is 1. The Morgan fingerprint density at radius 3 is 1.89 bits per heavy atom. The van der Waals surface area contributed by atoms with Crippen LogP contribution in [0.4, 0.5) is 4.79 Å². The summed E-state index contributed by atoms with van der Waals surface area (Å²) in [7, 11) is -2.48. The Bertz CT molecular complexity index is 547. The van der Waals surface area contributed by atoms with Crippen LogP contribution in [0.1, 0.15) is 85.5 Å². The first-order valence-electron chi connectivity index (χ1n) is 13.7. The minimum absolute atomic E-state index is 0.258. The van der Waals surface area contributed by atoms with Crippen LogP contribution in [0.15, 0.2) is 12.7 Å². The molecule has 1 atom stereocenters. The van der Waals surface area contributed by atoms with Gasteiger partial charge in [0.25, 0.3) is 0 Å². The molecule has 0 rings (SSSR count). The van der Waals surface area contributed by atoms with Gasteiger partial charge in [-0.1, -0.05) is 51.5 Å². The molecular formula is C26H51NO8Si. The van der Waals surface area contributed by atoms with Gasteiger partial charge in [-0.2, -0.15) is 0 Å². The molecule has 0 saturated heterocycles. The highest BCUT2D eigenvalue weighted by Gasteiger charge is 2.39. The van der Waals surface area contributed by atoms with Crippen LogP contribution in [0.3, 0.4) is 0 Å². The van der Waals surface area contributed by atoms with Crippen molar-refractivity contribution < 1.29 is 37.1 Å². The van der Waals surface area contributed by atoms with Gasteiger partial charge in [-0.3, -0.25) is 0 Å². The third kappa shape index (κ3) is 19.7. The first-order chi connectivity index (χ1) is 17.4. The van der Waals surface area contributed by atoms with Gasteiger partial charge in [-0.05, 0) is 40.5 Å². The van der Waals surface area contributed by atoms with Gasteiger partial charge in [0.05, 0.1) is 19.8 Å². The molecule has 0 aromatic carbocycles. The van der Waals surface area contributed by atoms with E-state index in [1.54, 1.807) is 6.92 Å². The van der Waals surface area contributed by atoms with Crippen LogP contribution in [0.2, 0.25) is 6.04 Å². The number of alkyl carbamates (subject to hydrolysis) is 1. The number of hydrogen-bond donors (Lipinski definition) is 1. The molecule has 0 aliphatic carbocycles. The monoisotopic (exact) mass is 533 g/mol. The van der Waals surface area contributed by atoms with Crippen LogP contribution in [-0.2, 0) is 32.3 Å². The average molecular weight is 534 g/mol. The lowest BCUT2D eigenvalue weighted by Crippen LogP contribution is -2.45. The number of rotatable bonds is 25. The Labute approximate surface area is 219 Å². The molecule has 0 aromatic rings. The average Bonchev–Trinajstić information content (AvgIpc) is 2.84. The highest BCUT2D eigenvalue weighted by Crippen LogP contribution is 2.21. The fourth-order valence-electron chi connectivity index (χ4n) is 3.65. The maximum Gasteiger partial charge on any atom is 0.500 e. The van der Waals surface area contributed by atoms with E-state index in [2.05, 4.69) is 11.9 Å². The Morgan fingerprint density at radius 2 is 1.36 bits per heavy atom. The fraction of sp³-hybridized carbons (Fsp3) is 0.846. The number of carbonyl (C=O) groups is 2. The molecule has 0 spiro atoms. The maximum atomic E-state index is 11.7. The molecule has 0 radical (unpaired) electrons. The minimum Gasteiger partial charge on any atom is -0.457 e. The predicted octanol–water partition coefficient (Wildman–Crippen LogP) is 5.41. The molecule has 212 valence electrons. The predicted molar refractivity (Wildman–Crippen MR) is 143 cm³/mol. The smallest absolute Gasteiger partial charge is 0.457 e. The number of unbranched alkanes of at least 4 members (excludes halogenated alkanes) is 8. The van der Waals surface area contributed by atoms with E-state index in [1.807, 2.05) is 20.8 Å². The molecule has 0 fully saturated rings. The summed E-state index contributed by atoms with van der Waals surface area (Å²) in [6.07, 6.45) is 10.6. The Hall–Kier alpha value is -1.46. The quantitative estimate of drug-likeness (QED) is 0.0720. The van der Waals surface area contributed by atoms with Gasteiger partial charge < -0.3 is 32.8 Å². The fourth-order valence-corrected chi connectivity index (χ4v) is 6.34. The van der Waals surface area contributed by atoms with Crippen molar-refractivity contribution in [3.63, 3.8) is 0 Å². The van der Waals surface area contributed by atoms with Crippen LogP contribution in [0, 0.1) is 0 Å². The van der Waals surface area contributed by atoms with Crippen molar-refractivity contribution in [2.75, 3.05) is 46.2 Å². The third-order valence-electron chi connectivity index (χ3n) is 5.31. The van der Waals surface area contributed by atoms with Crippen molar-refractivity contribution in [2.24, 2.45) is 0 Å². The van der Waals surface area contributed by atoms with Gasteiger partial charge in [-0.15, -0.1) is 0 Å². The first kappa shape index (κ1) is 34.5. The van der Waals surface area contributed by atoms with Crippen molar-refractivity contribution in [1.29, 1.82) is 0 Å². The Balaban J connectivity index is 3.56. The van der Waals surface area contributed by atoms with E-state index in [-0.39, 0.29) is 12.7 Å². The molecule has 1 N–H and O–H groups in total. The molecule has 0 aromatic heterocycles. The number of amides is 1. The van der Waals surface area contributed by atoms with E-state index in [4.69, 9.17) is 27.5 Å². The third-order valence-corrected chi connectivity index (χ3v) is 8.46. The molecule has 1 amide bonds. The van der Waals surface area contributed by atoms with E-state index >= 15 is 0 Å². The normalized spacial score (nSPS) is 12.2. The van der Waals surface area contributed by atoms with Crippen molar-refractivity contribution >= 4 is 20.9 Å². The molecule has 0 aliphatic rings. The van der Waals surface area contributed by atoms with E-state index in [0.717, 1.165) is 37.8 Å². The van der Waals surface area contributed by atoms with Crippen molar-refractivity contribution in [2.45, 2.75) is 97.6 Å². The lowest BCUT2D eigenvalue weighted by molar-refractivity contribution is -0.144. The van der Waals surface area contributed by atoms with Crippen molar-refractivity contribution in [3.05, 3.63) is 12.7 Å². The van der Waals surface area contributed by atoms with E-state index in [0.29, 0.717) is 39.6 Å². The number of carbonyl (C=O) groups excluding carboxylic acids is 2. The molecule has 1 unspecified atom stereocenters. The zero-order chi connectivity index (χ0) is 26.9. The second-order valence-corrected chi connectivity index (χ2v) is 11.2. The molecule has 0 bridgehead atoms. The van der Waals surface area contributed by atoms with Crippen molar-refractivity contribution in [3.8, 4) is 0 Å². The second kappa shape index (κ2) is 23.9. The molecule has 0 heterocycles. The van der Waals surface area contributed by atoms with Crippen LogP contribution < -0.4 is 5.32 Å². The molecule has 36 heavy (non-hydrogen) atoms. The lowest BCUT2D eigenvalue weighted by Gasteiger charge is -2.28. The zero-order valence-electron chi connectivity index (χ0n) is 23.1. The number of ether oxygens (including phenoxy) is 3. The van der Waals surface area contributed by atoms with Gasteiger partial charge in [0.15, 0.2) is 0 Å². The molecule has 0 saturated carbocycles. The van der Waals surface area contributed by atoms with Gasteiger partial charge in [0.1, 0.15) is 6.10 Å². The second-order valence-electron chi connectivity index (χ2n) is 8.50. The van der Waals surface area contributed by atoms with Crippen LogP contribution in [0.25, 0.3) is 0 Å². The maximum absolute atomic E-state index is 11.7. The Morgan fingerprint density at radius 1 is 0.833 bits per heavy atom. The largest absolute Gasteiger partial charge is 0.500 e. The molecule has 0 aliphatic heterocycles. The molecule has 9 nitrogen and oxygen atoms in total.